The van der Waals surface area contributed by atoms with E-state index in [1.54, 1.807) is 0 Å². The van der Waals surface area contributed by atoms with Crippen LogP contribution in [0.15, 0.2) is 0 Å². The molecule has 0 amide bonds. The van der Waals surface area contributed by atoms with Crippen LogP contribution in [0.2, 0.25) is 0 Å². The first-order valence-electron chi connectivity index (χ1n) is 4.33. The first kappa shape index (κ1) is 9.40. The van der Waals surface area contributed by atoms with Gasteiger partial charge in [-0.1, -0.05) is 0 Å². The van der Waals surface area contributed by atoms with E-state index in [1.807, 2.05) is 11.8 Å². The van der Waals surface area contributed by atoms with Crippen molar-refractivity contribution in [3.8, 4) is 0 Å². The average Bonchev–Trinajstić information content (AvgIpc) is 1.85. The maximum Gasteiger partial charge on any atom is 0.0602 e. The molecule has 1 nitrogen and oxygen atoms in total. The Morgan fingerprint density at radius 3 is 2.18 bits per heavy atom. The Labute approximate surface area is 73.9 Å². The normalized spacial score (nSPS) is 22.1. The lowest BCUT2D eigenvalue weighted by molar-refractivity contribution is -0.0622. The maximum atomic E-state index is 5.87. The first-order valence-corrected chi connectivity index (χ1v) is 5.49. The number of hydrogen-bond acceptors (Lipinski definition) is 2. The van der Waals surface area contributed by atoms with E-state index in [-0.39, 0.29) is 5.60 Å². The molecule has 0 unspecified atom stereocenters. The smallest absolute Gasteiger partial charge is 0.0602 e. The minimum Gasteiger partial charge on any atom is -0.373 e. The van der Waals surface area contributed by atoms with Crippen LogP contribution in [0.25, 0.3) is 0 Å². The Morgan fingerprint density at radius 1 is 1.18 bits per heavy atom. The minimum absolute atomic E-state index is 0.0483. The van der Waals surface area contributed by atoms with Crippen molar-refractivity contribution < 1.29 is 4.74 Å². The second kappa shape index (κ2) is 3.81. The molecule has 0 N–H and O–H groups in total. The van der Waals surface area contributed by atoms with E-state index in [4.69, 9.17) is 4.74 Å². The maximum absolute atomic E-state index is 5.87. The fourth-order valence-corrected chi connectivity index (χ4v) is 2.36. The van der Waals surface area contributed by atoms with Gasteiger partial charge in [-0.2, -0.15) is 11.8 Å². The van der Waals surface area contributed by atoms with Crippen LogP contribution in [0.5, 0.6) is 0 Å². The van der Waals surface area contributed by atoms with Crippen molar-refractivity contribution in [2.24, 2.45) is 0 Å². The molecule has 0 aliphatic carbocycles. The van der Waals surface area contributed by atoms with E-state index in [0.717, 1.165) is 0 Å². The Hall–Kier alpha value is 0.310. The van der Waals surface area contributed by atoms with Gasteiger partial charge in [0.25, 0.3) is 0 Å². The number of thioether (sulfide) groups is 1. The summed E-state index contributed by atoms with van der Waals surface area (Å²) in [5, 5.41) is 0. The van der Waals surface area contributed by atoms with E-state index in [2.05, 4.69) is 20.8 Å². The second-order valence-electron chi connectivity index (χ2n) is 4.04. The molecular formula is C9H18OS. The SMILES string of the molecule is CC(C)(C)OC1CCSCC1. The van der Waals surface area contributed by atoms with Crippen molar-refractivity contribution in [1.82, 2.24) is 0 Å². The van der Waals surface area contributed by atoms with Crippen LogP contribution in [0.4, 0.5) is 0 Å². The van der Waals surface area contributed by atoms with Crippen LogP contribution < -0.4 is 0 Å². The third kappa shape index (κ3) is 4.02. The van der Waals surface area contributed by atoms with Crippen LogP contribution in [0.1, 0.15) is 33.6 Å². The summed E-state index contributed by atoms with van der Waals surface area (Å²) in [5.74, 6) is 2.56. The highest BCUT2D eigenvalue weighted by molar-refractivity contribution is 7.99. The molecule has 0 saturated carbocycles. The van der Waals surface area contributed by atoms with Gasteiger partial charge in [0.2, 0.25) is 0 Å². The predicted molar refractivity (Wildman–Crippen MR) is 51.2 cm³/mol. The summed E-state index contributed by atoms with van der Waals surface area (Å²) >= 11 is 2.04. The van der Waals surface area contributed by atoms with Crippen LogP contribution >= 0.6 is 11.8 Å². The van der Waals surface area contributed by atoms with E-state index in [1.165, 1.54) is 24.3 Å². The third-order valence-electron chi connectivity index (χ3n) is 1.69. The molecule has 0 radical (unpaired) electrons. The fourth-order valence-electron chi connectivity index (χ4n) is 1.29. The van der Waals surface area contributed by atoms with Gasteiger partial charge in [0.05, 0.1) is 11.7 Å². The summed E-state index contributed by atoms with van der Waals surface area (Å²) < 4.78 is 5.87. The number of ether oxygens (including phenoxy) is 1. The molecule has 0 aromatic heterocycles. The summed E-state index contributed by atoms with van der Waals surface area (Å²) in [5.41, 5.74) is 0.0483. The lowest BCUT2D eigenvalue weighted by atomic mass is 10.1. The van der Waals surface area contributed by atoms with Crippen molar-refractivity contribution in [2.75, 3.05) is 11.5 Å². The van der Waals surface area contributed by atoms with Gasteiger partial charge in [-0.05, 0) is 45.1 Å². The molecule has 1 fully saturated rings. The van der Waals surface area contributed by atoms with Crippen molar-refractivity contribution in [1.29, 1.82) is 0 Å². The Morgan fingerprint density at radius 2 is 1.73 bits per heavy atom. The Kier molecular flexibility index (Phi) is 3.26. The molecule has 1 rings (SSSR count). The van der Waals surface area contributed by atoms with Gasteiger partial charge < -0.3 is 4.74 Å². The molecule has 1 saturated heterocycles. The molecule has 0 spiro atoms. The van der Waals surface area contributed by atoms with Crippen molar-refractivity contribution in [2.45, 2.75) is 45.3 Å². The Balaban J connectivity index is 2.24. The highest BCUT2D eigenvalue weighted by Crippen LogP contribution is 2.23. The van der Waals surface area contributed by atoms with Gasteiger partial charge in [-0.25, -0.2) is 0 Å². The van der Waals surface area contributed by atoms with E-state index in [9.17, 15) is 0 Å². The molecule has 66 valence electrons. The highest BCUT2D eigenvalue weighted by Gasteiger charge is 2.20. The molecule has 1 heterocycles. The summed E-state index contributed by atoms with van der Waals surface area (Å²) in [6.45, 7) is 6.40. The van der Waals surface area contributed by atoms with Crippen LogP contribution in [-0.2, 0) is 4.74 Å². The summed E-state index contributed by atoms with van der Waals surface area (Å²) in [4.78, 5) is 0. The minimum atomic E-state index is 0.0483. The van der Waals surface area contributed by atoms with E-state index in [0.29, 0.717) is 6.10 Å². The van der Waals surface area contributed by atoms with E-state index < -0.39 is 0 Å². The third-order valence-corrected chi connectivity index (χ3v) is 2.74. The molecular weight excluding hydrogens is 156 g/mol. The molecule has 1 aliphatic heterocycles. The molecule has 0 aromatic rings. The van der Waals surface area contributed by atoms with Gasteiger partial charge in [0, 0.05) is 0 Å². The molecule has 0 bridgehead atoms. The van der Waals surface area contributed by atoms with Crippen LogP contribution in [0, 0.1) is 0 Å². The molecule has 0 atom stereocenters. The van der Waals surface area contributed by atoms with Crippen molar-refractivity contribution >= 4 is 11.8 Å². The lowest BCUT2D eigenvalue weighted by Gasteiger charge is -2.29. The Bertz CT molecular complexity index is 111. The zero-order chi connectivity index (χ0) is 8.32. The van der Waals surface area contributed by atoms with Gasteiger partial charge in [-0.15, -0.1) is 0 Å². The zero-order valence-corrected chi connectivity index (χ0v) is 8.54. The second-order valence-corrected chi connectivity index (χ2v) is 5.27. The monoisotopic (exact) mass is 174 g/mol. The first-order chi connectivity index (χ1) is 5.08. The van der Waals surface area contributed by atoms with Gasteiger partial charge in [0.15, 0.2) is 0 Å². The van der Waals surface area contributed by atoms with Gasteiger partial charge >= 0.3 is 0 Å². The molecule has 11 heavy (non-hydrogen) atoms. The fraction of sp³-hybridized carbons (Fsp3) is 1.00. The average molecular weight is 174 g/mol. The molecule has 2 heteroatoms. The number of hydrogen-bond donors (Lipinski definition) is 0. The summed E-state index contributed by atoms with van der Waals surface area (Å²) in [6, 6.07) is 0. The molecule has 0 aromatic carbocycles. The van der Waals surface area contributed by atoms with Crippen LogP contribution in [0.3, 0.4) is 0 Å². The van der Waals surface area contributed by atoms with Gasteiger partial charge in [-0.3, -0.25) is 0 Å². The molecule has 1 aliphatic rings. The van der Waals surface area contributed by atoms with Crippen LogP contribution in [-0.4, -0.2) is 23.2 Å². The van der Waals surface area contributed by atoms with Gasteiger partial charge in [0.1, 0.15) is 0 Å². The summed E-state index contributed by atoms with van der Waals surface area (Å²) in [7, 11) is 0. The lowest BCUT2D eigenvalue weighted by Crippen LogP contribution is -2.29. The number of rotatable bonds is 1. The largest absolute Gasteiger partial charge is 0.373 e. The summed E-state index contributed by atoms with van der Waals surface area (Å²) in [6.07, 6.45) is 3.00. The predicted octanol–water partition coefficient (Wildman–Crippen LogP) is 2.70. The standard InChI is InChI=1S/C9H18OS/c1-9(2,3)10-8-4-6-11-7-5-8/h8H,4-7H2,1-3H3. The topological polar surface area (TPSA) is 9.23 Å². The zero-order valence-electron chi connectivity index (χ0n) is 7.72. The highest BCUT2D eigenvalue weighted by atomic mass is 32.2. The quantitative estimate of drug-likeness (QED) is 0.604. The van der Waals surface area contributed by atoms with Crippen molar-refractivity contribution in [3.63, 3.8) is 0 Å². The van der Waals surface area contributed by atoms with Crippen molar-refractivity contribution in [3.05, 3.63) is 0 Å². The van der Waals surface area contributed by atoms with E-state index >= 15 is 0 Å².